The molecule has 2 aromatic rings. The second-order valence-corrected chi connectivity index (χ2v) is 4.21. The van der Waals surface area contributed by atoms with E-state index >= 15 is 0 Å². The summed E-state index contributed by atoms with van der Waals surface area (Å²) >= 11 is 3.32. The number of carbonyl (C=O) groups excluding carboxylic acids is 1. The number of tetrazole rings is 1. The number of aromatic nitrogens is 4. The van der Waals surface area contributed by atoms with Gasteiger partial charge in [-0.25, -0.2) is 0 Å². The van der Waals surface area contributed by atoms with Crippen LogP contribution in [0.5, 0.6) is 5.75 Å². The molecule has 0 aliphatic heterocycles. The number of aromatic amines is 1. The summed E-state index contributed by atoms with van der Waals surface area (Å²) in [5, 5.41) is 15.9. The molecule has 1 aromatic carbocycles. The fourth-order valence-electron chi connectivity index (χ4n) is 1.33. The number of methoxy groups -OCH3 is 1. The fraction of sp³-hybridized carbons (Fsp3) is 0.200. The van der Waals surface area contributed by atoms with Crippen LogP contribution in [-0.2, 0) is 6.54 Å². The van der Waals surface area contributed by atoms with E-state index in [0.717, 1.165) is 4.47 Å². The molecule has 0 bridgehead atoms. The molecule has 0 aliphatic rings. The number of halogens is 1. The molecule has 0 spiro atoms. The maximum Gasteiger partial charge on any atom is 0.251 e. The predicted molar refractivity (Wildman–Crippen MR) is 66.0 cm³/mol. The first-order valence-electron chi connectivity index (χ1n) is 5.05. The van der Waals surface area contributed by atoms with Crippen LogP contribution in [0.15, 0.2) is 22.7 Å². The SMILES string of the molecule is COc1ccc(C(=O)NCc2nn[nH]n2)cc1Br. The number of H-pyrrole nitrogens is 1. The zero-order chi connectivity index (χ0) is 13.0. The van der Waals surface area contributed by atoms with E-state index in [2.05, 4.69) is 41.9 Å². The van der Waals surface area contributed by atoms with Gasteiger partial charge in [0.25, 0.3) is 5.91 Å². The zero-order valence-corrected chi connectivity index (χ0v) is 11.1. The molecule has 0 fully saturated rings. The lowest BCUT2D eigenvalue weighted by atomic mass is 10.2. The summed E-state index contributed by atoms with van der Waals surface area (Å²) in [5.74, 6) is 0.879. The number of nitrogens with zero attached hydrogens (tertiary/aromatic N) is 3. The van der Waals surface area contributed by atoms with Gasteiger partial charge in [0.15, 0.2) is 5.82 Å². The van der Waals surface area contributed by atoms with Crippen molar-refractivity contribution in [3.63, 3.8) is 0 Å². The van der Waals surface area contributed by atoms with E-state index in [1.807, 2.05) is 0 Å². The summed E-state index contributed by atoms with van der Waals surface area (Å²) in [5.41, 5.74) is 0.520. The van der Waals surface area contributed by atoms with Crippen LogP contribution in [0.25, 0.3) is 0 Å². The molecular formula is C10H10BrN5O2. The Morgan fingerprint density at radius 1 is 1.56 bits per heavy atom. The second kappa shape index (κ2) is 5.58. The summed E-state index contributed by atoms with van der Waals surface area (Å²) < 4.78 is 5.81. The predicted octanol–water partition coefficient (Wildman–Crippen LogP) is 0.901. The number of hydrogen-bond acceptors (Lipinski definition) is 5. The molecule has 1 aromatic heterocycles. The summed E-state index contributed by atoms with van der Waals surface area (Å²) in [7, 11) is 1.57. The molecule has 0 atom stereocenters. The standard InChI is InChI=1S/C10H10BrN5O2/c1-18-8-3-2-6(4-7(8)11)10(17)12-5-9-13-15-16-14-9/h2-4H,5H2,1H3,(H,12,17)(H,13,14,15,16). The van der Waals surface area contributed by atoms with Crippen molar-refractivity contribution in [2.24, 2.45) is 0 Å². The summed E-state index contributed by atoms with van der Waals surface area (Å²) in [6.45, 7) is 0.221. The van der Waals surface area contributed by atoms with Crippen LogP contribution in [0.2, 0.25) is 0 Å². The molecule has 0 aliphatic carbocycles. The van der Waals surface area contributed by atoms with E-state index < -0.39 is 0 Å². The van der Waals surface area contributed by atoms with Gasteiger partial charge in [-0.3, -0.25) is 4.79 Å². The molecule has 8 heteroatoms. The number of benzene rings is 1. The van der Waals surface area contributed by atoms with E-state index in [9.17, 15) is 4.79 Å². The van der Waals surface area contributed by atoms with Gasteiger partial charge in [0.05, 0.1) is 18.1 Å². The quantitative estimate of drug-likeness (QED) is 0.875. The van der Waals surface area contributed by atoms with Crippen molar-refractivity contribution in [3.8, 4) is 5.75 Å². The van der Waals surface area contributed by atoms with Crippen LogP contribution in [-0.4, -0.2) is 33.6 Å². The molecule has 18 heavy (non-hydrogen) atoms. The van der Waals surface area contributed by atoms with Gasteiger partial charge in [-0.2, -0.15) is 5.21 Å². The van der Waals surface area contributed by atoms with Gasteiger partial charge in [-0.05, 0) is 34.1 Å². The highest BCUT2D eigenvalue weighted by molar-refractivity contribution is 9.10. The van der Waals surface area contributed by atoms with Crippen molar-refractivity contribution < 1.29 is 9.53 Å². The minimum absolute atomic E-state index is 0.219. The highest BCUT2D eigenvalue weighted by Gasteiger charge is 2.09. The number of hydrogen-bond donors (Lipinski definition) is 2. The van der Waals surface area contributed by atoms with Crippen LogP contribution < -0.4 is 10.1 Å². The summed E-state index contributed by atoms with van der Waals surface area (Å²) in [6, 6.07) is 5.08. The van der Waals surface area contributed by atoms with Crippen LogP contribution in [0.3, 0.4) is 0 Å². The van der Waals surface area contributed by atoms with Crippen molar-refractivity contribution in [1.82, 2.24) is 25.9 Å². The lowest BCUT2D eigenvalue weighted by Gasteiger charge is -2.06. The molecule has 0 unspecified atom stereocenters. The molecule has 1 heterocycles. The number of nitrogens with one attached hydrogen (secondary N) is 2. The third kappa shape index (κ3) is 2.83. The number of amides is 1. The number of ether oxygens (including phenoxy) is 1. The van der Waals surface area contributed by atoms with Gasteiger partial charge in [0.1, 0.15) is 5.75 Å². The van der Waals surface area contributed by atoms with Crippen molar-refractivity contribution in [1.29, 1.82) is 0 Å². The summed E-state index contributed by atoms with van der Waals surface area (Å²) in [4.78, 5) is 11.8. The Labute approximate surface area is 111 Å². The number of carbonyl (C=O) groups is 1. The Hall–Kier alpha value is -1.96. The smallest absolute Gasteiger partial charge is 0.251 e. The van der Waals surface area contributed by atoms with Gasteiger partial charge >= 0.3 is 0 Å². The van der Waals surface area contributed by atoms with E-state index in [0.29, 0.717) is 17.1 Å². The van der Waals surface area contributed by atoms with Crippen LogP contribution >= 0.6 is 15.9 Å². The Morgan fingerprint density at radius 2 is 2.39 bits per heavy atom. The highest BCUT2D eigenvalue weighted by Crippen LogP contribution is 2.25. The molecule has 7 nitrogen and oxygen atoms in total. The lowest BCUT2D eigenvalue weighted by Crippen LogP contribution is -2.23. The Bertz CT molecular complexity index is 543. The zero-order valence-electron chi connectivity index (χ0n) is 9.48. The molecule has 0 radical (unpaired) electrons. The normalized spacial score (nSPS) is 10.1. The monoisotopic (exact) mass is 311 g/mol. The largest absolute Gasteiger partial charge is 0.496 e. The van der Waals surface area contributed by atoms with Crippen molar-refractivity contribution in [2.75, 3.05) is 7.11 Å². The Kier molecular flexibility index (Phi) is 3.88. The third-order valence-corrected chi connectivity index (χ3v) is 2.83. The number of rotatable bonds is 4. The van der Waals surface area contributed by atoms with Gasteiger partial charge in [0, 0.05) is 5.56 Å². The Morgan fingerprint density at radius 3 is 3.00 bits per heavy atom. The van der Waals surface area contributed by atoms with E-state index in [1.165, 1.54) is 0 Å². The first-order chi connectivity index (χ1) is 8.70. The molecule has 0 saturated carbocycles. The maximum absolute atomic E-state index is 11.8. The van der Waals surface area contributed by atoms with Gasteiger partial charge in [-0.1, -0.05) is 5.21 Å². The first kappa shape index (κ1) is 12.5. The van der Waals surface area contributed by atoms with Crippen LogP contribution in [0, 0.1) is 0 Å². The van der Waals surface area contributed by atoms with Crippen LogP contribution in [0.1, 0.15) is 16.2 Å². The molecule has 2 N–H and O–H groups in total. The van der Waals surface area contributed by atoms with Crippen LogP contribution in [0.4, 0.5) is 0 Å². The molecular weight excluding hydrogens is 302 g/mol. The van der Waals surface area contributed by atoms with Gasteiger partial charge in [0.2, 0.25) is 0 Å². The van der Waals surface area contributed by atoms with E-state index in [1.54, 1.807) is 25.3 Å². The van der Waals surface area contributed by atoms with E-state index in [4.69, 9.17) is 4.74 Å². The molecule has 94 valence electrons. The average molecular weight is 312 g/mol. The topological polar surface area (TPSA) is 92.8 Å². The minimum Gasteiger partial charge on any atom is -0.496 e. The maximum atomic E-state index is 11.8. The molecule has 2 rings (SSSR count). The first-order valence-corrected chi connectivity index (χ1v) is 5.84. The minimum atomic E-state index is -0.219. The highest BCUT2D eigenvalue weighted by atomic mass is 79.9. The molecule has 1 amide bonds. The summed E-state index contributed by atoms with van der Waals surface area (Å²) in [6.07, 6.45) is 0. The lowest BCUT2D eigenvalue weighted by molar-refractivity contribution is 0.0950. The van der Waals surface area contributed by atoms with Crippen molar-refractivity contribution >= 4 is 21.8 Å². The molecule has 0 saturated heterocycles. The van der Waals surface area contributed by atoms with E-state index in [-0.39, 0.29) is 12.5 Å². The third-order valence-electron chi connectivity index (χ3n) is 2.21. The van der Waals surface area contributed by atoms with Crippen molar-refractivity contribution in [2.45, 2.75) is 6.54 Å². The van der Waals surface area contributed by atoms with Gasteiger partial charge < -0.3 is 10.1 Å². The second-order valence-electron chi connectivity index (χ2n) is 3.36. The average Bonchev–Trinajstić information content (AvgIpc) is 2.89. The van der Waals surface area contributed by atoms with Crippen molar-refractivity contribution in [3.05, 3.63) is 34.1 Å². The fourth-order valence-corrected chi connectivity index (χ4v) is 1.87. The van der Waals surface area contributed by atoms with Gasteiger partial charge in [-0.15, -0.1) is 10.2 Å². The Balaban J connectivity index is 2.02.